The topological polar surface area (TPSA) is 46.3 Å². The first-order valence-electron chi connectivity index (χ1n) is 6.82. The number of nitrogens with two attached hydrogens (primary N) is 1. The van der Waals surface area contributed by atoms with Crippen LogP contribution in [0.4, 0.5) is 5.69 Å². The quantitative estimate of drug-likeness (QED) is 0.827. The van der Waals surface area contributed by atoms with Crippen molar-refractivity contribution < 1.29 is 4.79 Å². The van der Waals surface area contributed by atoms with E-state index in [1.807, 2.05) is 25.1 Å². The summed E-state index contributed by atoms with van der Waals surface area (Å²) in [4.78, 5) is 14.6. The number of rotatable bonds is 4. The number of benzene rings is 1. The molecule has 0 atom stereocenters. The van der Waals surface area contributed by atoms with E-state index in [1.54, 1.807) is 0 Å². The highest BCUT2D eigenvalue weighted by atomic mass is 16.2. The minimum Gasteiger partial charge on any atom is -0.398 e. The van der Waals surface area contributed by atoms with E-state index in [1.165, 1.54) is 12.8 Å². The summed E-state index contributed by atoms with van der Waals surface area (Å²) in [6.45, 7) is 2.92. The molecule has 0 aliphatic heterocycles. The van der Waals surface area contributed by atoms with Gasteiger partial charge in [-0.2, -0.15) is 0 Å². The van der Waals surface area contributed by atoms with Crippen molar-refractivity contribution in [1.29, 1.82) is 0 Å². The molecule has 3 rings (SSSR count). The van der Waals surface area contributed by atoms with E-state index in [4.69, 9.17) is 5.73 Å². The number of hydrogen-bond acceptors (Lipinski definition) is 2. The van der Waals surface area contributed by atoms with Crippen LogP contribution in [0.15, 0.2) is 18.2 Å². The van der Waals surface area contributed by atoms with Gasteiger partial charge in [-0.25, -0.2) is 0 Å². The van der Waals surface area contributed by atoms with Crippen LogP contribution in [-0.2, 0) is 0 Å². The highest BCUT2D eigenvalue weighted by molar-refractivity contribution is 5.99. The normalized spacial score (nSPS) is 18.7. The van der Waals surface area contributed by atoms with Gasteiger partial charge in [0.2, 0.25) is 0 Å². The minimum absolute atomic E-state index is 0.127. The summed E-state index contributed by atoms with van der Waals surface area (Å²) in [5, 5.41) is 0. The Morgan fingerprint density at radius 2 is 2.06 bits per heavy atom. The van der Waals surface area contributed by atoms with Gasteiger partial charge in [0.15, 0.2) is 0 Å². The average molecular weight is 244 g/mol. The molecule has 2 saturated carbocycles. The second kappa shape index (κ2) is 4.30. The zero-order valence-electron chi connectivity index (χ0n) is 10.9. The maximum atomic E-state index is 12.6. The number of aryl methyl sites for hydroxylation is 1. The van der Waals surface area contributed by atoms with Gasteiger partial charge in [-0.3, -0.25) is 4.79 Å². The Morgan fingerprint density at radius 1 is 1.33 bits per heavy atom. The first kappa shape index (κ1) is 11.6. The Morgan fingerprint density at radius 3 is 2.61 bits per heavy atom. The van der Waals surface area contributed by atoms with Crippen LogP contribution in [-0.4, -0.2) is 23.4 Å². The first-order valence-corrected chi connectivity index (χ1v) is 6.82. The summed E-state index contributed by atoms with van der Waals surface area (Å²) in [5.74, 6) is 0.864. The Kier molecular flexibility index (Phi) is 2.77. The molecule has 1 aromatic carbocycles. The molecule has 96 valence electrons. The lowest BCUT2D eigenvalue weighted by atomic mass is 10.1. The van der Waals surface area contributed by atoms with E-state index < -0.39 is 0 Å². The number of nitrogens with zero attached hydrogens (tertiary/aromatic N) is 1. The molecule has 2 N–H and O–H groups in total. The summed E-state index contributed by atoms with van der Waals surface area (Å²) < 4.78 is 0. The van der Waals surface area contributed by atoms with Crippen LogP contribution in [0.1, 0.15) is 41.6 Å². The van der Waals surface area contributed by atoms with E-state index >= 15 is 0 Å². The minimum atomic E-state index is 0.127. The molecule has 0 bridgehead atoms. The molecule has 3 nitrogen and oxygen atoms in total. The Hall–Kier alpha value is -1.51. The van der Waals surface area contributed by atoms with Crippen LogP contribution in [0.3, 0.4) is 0 Å². The fourth-order valence-corrected chi connectivity index (χ4v) is 2.39. The first-order chi connectivity index (χ1) is 8.65. The fraction of sp³-hybridized carbons (Fsp3) is 0.533. The predicted octanol–water partition coefficient (Wildman–Crippen LogP) is 2.59. The van der Waals surface area contributed by atoms with E-state index in [2.05, 4.69) is 4.90 Å². The molecule has 18 heavy (non-hydrogen) atoms. The molecule has 0 unspecified atom stereocenters. The third-order valence-corrected chi connectivity index (χ3v) is 3.84. The van der Waals surface area contributed by atoms with Gasteiger partial charge in [0.1, 0.15) is 0 Å². The van der Waals surface area contributed by atoms with Crippen LogP contribution < -0.4 is 5.73 Å². The number of amides is 1. The van der Waals surface area contributed by atoms with Crippen molar-refractivity contribution in [3.63, 3.8) is 0 Å². The maximum Gasteiger partial charge on any atom is 0.256 e. The van der Waals surface area contributed by atoms with Crippen molar-refractivity contribution in [2.75, 3.05) is 12.3 Å². The van der Waals surface area contributed by atoms with Gasteiger partial charge in [0.25, 0.3) is 5.91 Å². The van der Waals surface area contributed by atoms with Crippen molar-refractivity contribution in [2.24, 2.45) is 5.92 Å². The van der Waals surface area contributed by atoms with E-state index in [0.29, 0.717) is 17.3 Å². The number of anilines is 1. The van der Waals surface area contributed by atoms with Crippen molar-refractivity contribution in [3.05, 3.63) is 29.3 Å². The smallest absolute Gasteiger partial charge is 0.256 e. The lowest BCUT2D eigenvalue weighted by Gasteiger charge is -2.23. The van der Waals surface area contributed by atoms with Gasteiger partial charge in [-0.05, 0) is 56.2 Å². The second-order valence-electron chi connectivity index (χ2n) is 5.72. The largest absolute Gasteiger partial charge is 0.398 e. The van der Waals surface area contributed by atoms with E-state index in [9.17, 15) is 4.79 Å². The third-order valence-electron chi connectivity index (χ3n) is 3.84. The molecular weight excluding hydrogens is 224 g/mol. The second-order valence-corrected chi connectivity index (χ2v) is 5.72. The lowest BCUT2D eigenvalue weighted by molar-refractivity contribution is 0.0736. The van der Waals surface area contributed by atoms with Crippen LogP contribution in [0, 0.1) is 12.8 Å². The van der Waals surface area contributed by atoms with E-state index in [0.717, 1.165) is 30.9 Å². The lowest BCUT2D eigenvalue weighted by Crippen LogP contribution is -2.35. The molecule has 2 aliphatic carbocycles. The zero-order valence-corrected chi connectivity index (χ0v) is 10.9. The van der Waals surface area contributed by atoms with Gasteiger partial charge >= 0.3 is 0 Å². The van der Waals surface area contributed by atoms with Crippen molar-refractivity contribution in [2.45, 2.75) is 38.6 Å². The molecular formula is C15H20N2O. The van der Waals surface area contributed by atoms with Crippen LogP contribution in [0.5, 0.6) is 0 Å². The average Bonchev–Trinajstić information content (AvgIpc) is 3.18. The molecule has 0 spiro atoms. The van der Waals surface area contributed by atoms with E-state index in [-0.39, 0.29) is 5.91 Å². The third kappa shape index (κ3) is 2.35. The van der Waals surface area contributed by atoms with Crippen molar-refractivity contribution in [1.82, 2.24) is 4.90 Å². The monoisotopic (exact) mass is 244 g/mol. The summed E-state index contributed by atoms with van der Waals surface area (Å²) in [6.07, 6.45) is 4.87. The zero-order chi connectivity index (χ0) is 12.7. The molecule has 1 amide bonds. The Labute approximate surface area is 108 Å². The molecule has 0 aromatic heterocycles. The van der Waals surface area contributed by atoms with Crippen molar-refractivity contribution >= 4 is 11.6 Å². The van der Waals surface area contributed by atoms with Crippen LogP contribution >= 0.6 is 0 Å². The van der Waals surface area contributed by atoms with Gasteiger partial charge in [0.05, 0.1) is 5.56 Å². The molecule has 2 fully saturated rings. The van der Waals surface area contributed by atoms with Gasteiger partial charge in [-0.15, -0.1) is 0 Å². The summed E-state index contributed by atoms with van der Waals surface area (Å²) in [7, 11) is 0. The van der Waals surface area contributed by atoms with Gasteiger partial charge < -0.3 is 10.6 Å². The summed E-state index contributed by atoms with van der Waals surface area (Å²) in [5.41, 5.74) is 8.37. The highest BCUT2D eigenvalue weighted by Gasteiger charge is 2.37. The molecule has 1 aromatic rings. The predicted molar refractivity (Wildman–Crippen MR) is 72.4 cm³/mol. The van der Waals surface area contributed by atoms with Gasteiger partial charge in [0, 0.05) is 18.3 Å². The summed E-state index contributed by atoms with van der Waals surface area (Å²) in [6, 6.07) is 6.19. The van der Waals surface area contributed by atoms with Crippen LogP contribution in [0.25, 0.3) is 0 Å². The maximum absolute atomic E-state index is 12.6. The van der Waals surface area contributed by atoms with Crippen molar-refractivity contribution in [3.8, 4) is 0 Å². The number of hydrogen-bond donors (Lipinski definition) is 1. The fourth-order valence-electron chi connectivity index (χ4n) is 2.39. The van der Waals surface area contributed by atoms with Gasteiger partial charge in [-0.1, -0.05) is 6.07 Å². The van der Waals surface area contributed by atoms with Crippen LogP contribution in [0.2, 0.25) is 0 Å². The highest BCUT2D eigenvalue weighted by Crippen LogP contribution is 2.36. The standard InChI is InChI=1S/C15H20N2O/c1-10-2-7-13(14(16)8-10)15(18)17(12-5-6-12)9-11-3-4-11/h2,7-8,11-12H,3-6,9,16H2,1H3. The number of nitrogen functional groups attached to an aromatic ring is 1. The SMILES string of the molecule is Cc1ccc(C(=O)N(CC2CC2)C2CC2)c(N)c1. The Balaban J connectivity index is 1.81. The Bertz CT molecular complexity index is 475. The number of carbonyl (C=O) groups excluding carboxylic acids is 1. The molecule has 0 radical (unpaired) electrons. The molecule has 0 heterocycles. The molecule has 3 heteroatoms. The molecule has 0 saturated heterocycles. The molecule has 2 aliphatic rings. The summed E-state index contributed by atoms with van der Waals surface area (Å²) >= 11 is 0. The number of carbonyl (C=O) groups is 1.